The van der Waals surface area contributed by atoms with Gasteiger partial charge in [0.15, 0.2) is 5.65 Å². The van der Waals surface area contributed by atoms with Crippen molar-refractivity contribution in [3.63, 3.8) is 0 Å². The molecule has 0 saturated heterocycles. The predicted molar refractivity (Wildman–Crippen MR) is 95.5 cm³/mol. The van der Waals surface area contributed by atoms with Crippen LogP contribution in [0.4, 0.5) is 10.1 Å². The maximum absolute atomic E-state index is 14.4. The maximum Gasteiger partial charge on any atom is 0.156 e. The van der Waals surface area contributed by atoms with E-state index in [4.69, 9.17) is 11.0 Å². The number of anilines is 1. The summed E-state index contributed by atoms with van der Waals surface area (Å²) in [5.74, 6) is -0.811. The molecule has 0 fully saturated rings. The number of aromatic nitrogens is 3. The summed E-state index contributed by atoms with van der Waals surface area (Å²) in [6.07, 6.45) is 1.60. The summed E-state index contributed by atoms with van der Waals surface area (Å²) < 4.78 is 14.4. The summed E-state index contributed by atoms with van der Waals surface area (Å²) in [5.41, 5.74) is 9.45. The smallest absolute Gasteiger partial charge is 0.156 e. The second-order valence-corrected chi connectivity index (χ2v) is 5.73. The summed E-state index contributed by atoms with van der Waals surface area (Å²) in [6, 6.07) is 12.8. The summed E-state index contributed by atoms with van der Waals surface area (Å²) in [6.45, 7) is 0. The summed E-state index contributed by atoms with van der Waals surface area (Å²) in [4.78, 5) is 4.40. The highest BCUT2D eigenvalue weighted by Crippen LogP contribution is 2.39. The van der Waals surface area contributed by atoms with Gasteiger partial charge >= 0.3 is 0 Å². The van der Waals surface area contributed by atoms with Gasteiger partial charge in [0.25, 0.3) is 0 Å². The standard InChI is InChI=1S/C19H12FN5O/c20-15-7-12(26)5-6-13(15)18-17(22)16(14-9-23-25-19(14)24-18)11-3-1-10(8-21)2-4-11/h1-7,9,26H,22H2,(H,23,24,25). The molecule has 0 saturated carbocycles. The SMILES string of the molecule is N#Cc1ccc(-c2c(N)c(-c3ccc(O)cc3F)nc3[nH]ncc23)cc1. The van der Waals surface area contributed by atoms with Gasteiger partial charge in [0.2, 0.25) is 0 Å². The molecule has 6 nitrogen and oxygen atoms in total. The van der Waals surface area contributed by atoms with Crippen LogP contribution in [-0.2, 0) is 0 Å². The highest BCUT2D eigenvalue weighted by Gasteiger charge is 2.19. The number of hydrogen-bond acceptors (Lipinski definition) is 5. The molecule has 4 rings (SSSR count). The number of phenolic OH excluding ortho intramolecular Hbond substituents is 1. The number of H-pyrrole nitrogens is 1. The number of aromatic hydroxyl groups is 1. The van der Waals surface area contributed by atoms with Crippen LogP contribution < -0.4 is 5.73 Å². The number of rotatable bonds is 2. The van der Waals surface area contributed by atoms with Crippen molar-refractivity contribution in [2.45, 2.75) is 0 Å². The van der Waals surface area contributed by atoms with Crippen LogP contribution in [0.15, 0.2) is 48.7 Å². The van der Waals surface area contributed by atoms with Crippen molar-refractivity contribution in [2.75, 3.05) is 5.73 Å². The van der Waals surface area contributed by atoms with Crippen LogP contribution in [0.2, 0.25) is 0 Å². The van der Waals surface area contributed by atoms with E-state index in [9.17, 15) is 9.50 Å². The fourth-order valence-electron chi connectivity index (χ4n) is 2.91. The molecule has 0 bridgehead atoms. The summed E-state index contributed by atoms with van der Waals surface area (Å²) in [5, 5.41) is 25.9. The first kappa shape index (κ1) is 15.6. The Balaban J connectivity index is 2.02. The minimum absolute atomic E-state index is 0.173. The number of phenols is 1. The van der Waals surface area contributed by atoms with E-state index in [0.29, 0.717) is 22.2 Å². The quantitative estimate of drug-likeness (QED) is 0.514. The van der Waals surface area contributed by atoms with Crippen molar-refractivity contribution < 1.29 is 9.50 Å². The number of pyridine rings is 1. The van der Waals surface area contributed by atoms with Crippen LogP contribution >= 0.6 is 0 Å². The molecule has 0 aliphatic rings. The number of fused-ring (bicyclic) bond motifs is 1. The van der Waals surface area contributed by atoms with Crippen molar-refractivity contribution in [1.29, 1.82) is 5.26 Å². The molecule has 4 N–H and O–H groups in total. The molecule has 2 aromatic heterocycles. The predicted octanol–water partition coefficient (Wildman–Crippen LogP) is 3.59. The van der Waals surface area contributed by atoms with Gasteiger partial charge in [-0.25, -0.2) is 9.37 Å². The number of nitrogens with zero attached hydrogens (tertiary/aromatic N) is 3. The Morgan fingerprint density at radius 2 is 1.92 bits per heavy atom. The molecule has 126 valence electrons. The third kappa shape index (κ3) is 2.41. The van der Waals surface area contributed by atoms with Crippen LogP contribution in [-0.4, -0.2) is 20.3 Å². The van der Waals surface area contributed by atoms with Gasteiger partial charge in [0.05, 0.1) is 29.2 Å². The molecule has 0 amide bonds. The highest BCUT2D eigenvalue weighted by atomic mass is 19.1. The molecule has 0 aliphatic heterocycles. The van der Waals surface area contributed by atoms with E-state index in [0.717, 1.165) is 11.6 Å². The van der Waals surface area contributed by atoms with Gasteiger partial charge in [0, 0.05) is 22.6 Å². The first-order chi connectivity index (χ1) is 12.6. The normalized spacial score (nSPS) is 10.8. The molecular formula is C19H12FN5O. The molecule has 0 unspecified atom stereocenters. The van der Waals surface area contributed by atoms with E-state index in [1.54, 1.807) is 30.5 Å². The molecule has 26 heavy (non-hydrogen) atoms. The van der Waals surface area contributed by atoms with E-state index < -0.39 is 5.82 Å². The third-order valence-corrected chi connectivity index (χ3v) is 4.15. The summed E-state index contributed by atoms with van der Waals surface area (Å²) >= 11 is 0. The molecule has 7 heteroatoms. The van der Waals surface area contributed by atoms with Gasteiger partial charge in [-0.05, 0) is 29.8 Å². The van der Waals surface area contributed by atoms with E-state index in [2.05, 4.69) is 21.3 Å². The molecular weight excluding hydrogens is 333 g/mol. The molecule has 0 spiro atoms. The number of benzene rings is 2. The molecule has 2 heterocycles. The fraction of sp³-hybridized carbons (Fsp3) is 0. The summed E-state index contributed by atoms with van der Waals surface area (Å²) in [7, 11) is 0. The first-order valence-corrected chi connectivity index (χ1v) is 7.70. The number of hydrogen-bond donors (Lipinski definition) is 3. The number of aromatic amines is 1. The average molecular weight is 345 g/mol. The monoisotopic (exact) mass is 345 g/mol. The Bertz CT molecular complexity index is 1180. The lowest BCUT2D eigenvalue weighted by Crippen LogP contribution is -2.00. The molecule has 2 aromatic carbocycles. The number of nitrogens with one attached hydrogen (secondary N) is 1. The van der Waals surface area contributed by atoms with Gasteiger partial charge in [-0.3, -0.25) is 5.10 Å². The van der Waals surface area contributed by atoms with Crippen molar-refractivity contribution >= 4 is 16.7 Å². The largest absolute Gasteiger partial charge is 0.508 e. The number of nitriles is 1. The topological polar surface area (TPSA) is 112 Å². The molecule has 0 atom stereocenters. The third-order valence-electron chi connectivity index (χ3n) is 4.15. The van der Waals surface area contributed by atoms with Crippen LogP contribution in [0.3, 0.4) is 0 Å². The van der Waals surface area contributed by atoms with Crippen LogP contribution in [0.25, 0.3) is 33.4 Å². The average Bonchev–Trinajstić information content (AvgIpc) is 3.10. The minimum Gasteiger partial charge on any atom is -0.508 e. The Labute approximate surface area is 147 Å². The van der Waals surface area contributed by atoms with Gasteiger partial charge in [-0.2, -0.15) is 10.4 Å². The zero-order chi connectivity index (χ0) is 18.3. The minimum atomic E-state index is -0.631. The number of halogens is 1. The van der Waals surface area contributed by atoms with E-state index >= 15 is 0 Å². The maximum atomic E-state index is 14.4. The Kier molecular flexibility index (Phi) is 3.52. The van der Waals surface area contributed by atoms with Gasteiger partial charge in [-0.1, -0.05) is 12.1 Å². The zero-order valence-corrected chi connectivity index (χ0v) is 13.4. The van der Waals surface area contributed by atoms with Gasteiger partial charge in [0.1, 0.15) is 11.6 Å². The first-order valence-electron chi connectivity index (χ1n) is 7.70. The van der Waals surface area contributed by atoms with E-state index in [1.807, 2.05) is 0 Å². The number of nitrogen functional groups attached to an aromatic ring is 1. The highest BCUT2D eigenvalue weighted by molar-refractivity contribution is 6.03. The van der Waals surface area contributed by atoms with Crippen molar-refractivity contribution in [3.05, 3.63) is 60.0 Å². The molecule has 4 aromatic rings. The lowest BCUT2D eigenvalue weighted by atomic mass is 9.97. The second kappa shape index (κ2) is 5.86. The van der Waals surface area contributed by atoms with Crippen molar-refractivity contribution in [1.82, 2.24) is 15.2 Å². The Morgan fingerprint density at radius 3 is 2.62 bits per heavy atom. The van der Waals surface area contributed by atoms with Gasteiger partial charge < -0.3 is 10.8 Å². The van der Waals surface area contributed by atoms with E-state index in [1.165, 1.54) is 12.1 Å². The molecule has 0 aliphatic carbocycles. The van der Waals surface area contributed by atoms with Crippen LogP contribution in [0.1, 0.15) is 5.56 Å². The Morgan fingerprint density at radius 1 is 1.15 bits per heavy atom. The van der Waals surface area contributed by atoms with Crippen LogP contribution in [0.5, 0.6) is 5.75 Å². The van der Waals surface area contributed by atoms with Gasteiger partial charge in [-0.15, -0.1) is 0 Å². The van der Waals surface area contributed by atoms with Crippen molar-refractivity contribution in [2.24, 2.45) is 0 Å². The lowest BCUT2D eigenvalue weighted by Gasteiger charge is -2.13. The van der Waals surface area contributed by atoms with E-state index in [-0.39, 0.29) is 22.7 Å². The Hall–Kier alpha value is -3.92. The number of nitrogens with two attached hydrogens (primary N) is 1. The second-order valence-electron chi connectivity index (χ2n) is 5.73. The fourth-order valence-corrected chi connectivity index (χ4v) is 2.91. The lowest BCUT2D eigenvalue weighted by molar-refractivity contribution is 0.469. The molecule has 0 radical (unpaired) electrons. The van der Waals surface area contributed by atoms with Crippen LogP contribution in [0, 0.1) is 17.1 Å². The van der Waals surface area contributed by atoms with Crippen molar-refractivity contribution in [3.8, 4) is 34.2 Å². The zero-order valence-electron chi connectivity index (χ0n) is 13.4.